The van der Waals surface area contributed by atoms with E-state index in [0.717, 1.165) is 13.1 Å². The predicted octanol–water partition coefficient (Wildman–Crippen LogP) is 1.53. The molecule has 0 amide bonds. The molecule has 5 heteroatoms. The van der Waals surface area contributed by atoms with Crippen molar-refractivity contribution in [3.8, 4) is 0 Å². The van der Waals surface area contributed by atoms with Gasteiger partial charge in [0.25, 0.3) is 0 Å². The van der Waals surface area contributed by atoms with E-state index in [1.807, 2.05) is 0 Å². The molecule has 1 aromatic rings. The van der Waals surface area contributed by atoms with Gasteiger partial charge in [0.2, 0.25) is 0 Å². The minimum atomic E-state index is -0.990. The lowest BCUT2D eigenvalue weighted by Gasteiger charge is -2.29. The van der Waals surface area contributed by atoms with Gasteiger partial charge in [-0.05, 0) is 44.5 Å². The Morgan fingerprint density at radius 2 is 2.44 bits per heavy atom. The van der Waals surface area contributed by atoms with Crippen LogP contribution in [0.2, 0.25) is 0 Å². The van der Waals surface area contributed by atoms with Crippen molar-refractivity contribution in [3.63, 3.8) is 0 Å². The SMILES string of the molecule is CN1CCCC(CNc2cccc(C(=O)O)n2)C1. The van der Waals surface area contributed by atoms with Gasteiger partial charge in [0, 0.05) is 13.1 Å². The van der Waals surface area contributed by atoms with Gasteiger partial charge >= 0.3 is 5.97 Å². The summed E-state index contributed by atoms with van der Waals surface area (Å²) < 4.78 is 0. The minimum absolute atomic E-state index is 0.0840. The molecule has 0 aromatic carbocycles. The number of aromatic nitrogens is 1. The van der Waals surface area contributed by atoms with Crippen molar-refractivity contribution in [1.82, 2.24) is 9.88 Å². The van der Waals surface area contributed by atoms with E-state index in [0.29, 0.717) is 11.7 Å². The van der Waals surface area contributed by atoms with Crippen LogP contribution in [-0.4, -0.2) is 47.6 Å². The second-order valence-corrected chi connectivity index (χ2v) is 4.86. The van der Waals surface area contributed by atoms with Crippen molar-refractivity contribution in [3.05, 3.63) is 23.9 Å². The highest BCUT2D eigenvalue weighted by molar-refractivity contribution is 5.85. The molecule has 1 aliphatic rings. The Labute approximate surface area is 107 Å². The molecule has 2 N–H and O–H groups in total. The number of anilines is 1. The number of rotatable bonds is 4. The summed E-state index contributed by atoms with van der Waals surface area (Å²) in [6, 6.07) is 5.02. The lowest BCUT2D eigenvalue weighted by atomic mass is 9.98. The molecule has 0 saturated carbocycles. The predicted molar refractivity (Wildman–Crippen MR) is 69.9 cm³/mol. The van der Waals surface area contributed by atoms with Crippen molar-refractivity contribution in [2.24, 2.45) is 5.92 Å². The number of carboxylic acid groups (broad SMARTS) is 1. The summed E-state index contributed by atoms with van der Waals surface area (Å²) in [5.41, 5.74) is 0.0840. The third-order valence-electron chi connectivity index (χ3n) is 3.26. The molecule has 2 heterocycles. The fourth-order valence-corrected chi connectivity index (χ4v) is 2.34. The number of nitrogens with zero attached hydrogens (tertiary/aromatic N) is 2. The first-order chi connectivity index (χ1) is 8.65. The molecule has 0 radical (unpaired) electrons. The number of hydrogen-bond donors (Lipinski definition) is 2. The zero-order chi connectivity index (χ0) is 13.0. The Morgan fingerprint density at radius 1 is 1.61 bits per heavy atom. The van der Waals surface area contributed by atoms with Gasteiger partial charge < -0.3 is 15.3 Å². The minimum Gasteiger partial charge on any atom is -0.477 e. The maximum Gasteiger partial charge on any atom is 0.354 e. The maximum atomic E-state index is 10.8. The highest BCUT2D eigenvalue weighted by Gasteiger charge is 2.16. The molecule has 1 saturated heterocycles. The summed E-state index contributed by atoms with van der Waals surface area (Å²) >= 11 is 0. The number of carboxylic acids is 1. The largest absolute Gasteiger partial charge is 0.477 e. The number of nitrogens with one attached hydrogen (secondary N) is 1. The second-order valence-electron chi connectivity index (χ2n) is 4.86. The molecule has 5 nitrogen and oxygen atoms in total. The fourth-order valence-electron chi connectivity index (χ4n) is 2.34. The molecule has 0 bridgehead atoms. The highest BCUT2D eigenvalue weighted by Crippen LogP contribution is 2.15. The average Bonchev–Trinajstić information content (AvgIpc) is 2.37. The molecule has 0 aliphatic carbocycles. The summed E-state index contributed by atoms with van der Waals surface area (Å²) in [6.07, 6.45) is 2.45. The van der Waals surface area contributed by atoms with Gasteiger partial charge in [0.1, 0.15) is 5.82 Å². The Bertz CT molecular complexity index is 422. The summed E-state index contributed by atoms with van der Waals surface area (Å²) in [4.78, 5) is 17.2. The average molecular weight is 249 g/mol. The van der Waals surface area contributed by atoms with E-state index < -0.39 is 5.97 Å². The quantitative estimate of drug-likeness (QED) is 0.847. The summed E-state index contributed by atoms with van der Waals surface area (Å²) in [5, 5.41) is 12.1. The van der Waals surface area contributed by atoms with Crippen LogP contribution in [0.15, 0.2) is 18.2 Å². The van der Waals surface area contributed by atoms with Crippen LogP contribution < -0.4 is 5.32 Å². The van der Waals surface area contributed by atoms with Crippen molar-refractivity contribution >= 4 is 11.8 Å². The van der Waals surface area contributed by atoms with Crippen LogP contribution in [0.4, 0.5) is 5.82 Å². The highest BCUT2D eigenvalue weighted by atomic mass is 16.4. The number of pyridine rings is 1. The van der Waals surface area contributed by atoms with E-state index >= 15 is 0 Å². The zero-order valence-electron chi connectivity index (χ0n) is 10.6. The number of piperidine rings is 1. The molecule has 1 aromatic heterocycles. The van der Waals surface area contributed by atoms with Crippen molar-refractivity contribution < 1.29 is 9.90 Å². The lowest BCUT2D eigenvalue weighted by molar-refractivity contribution is 0.0690. The van der Waals surface area contributed by atoms with E-state index in [9.17, 15) is 4.79 Å². The molecule has 1 atom stereocenters. The van der Waals surface area contributed by atoms with Crippen LogP contribution in [0.1, 0.15) is 23.3 Å². The Balaban J connectivity index is 1.89. The first-order valence-corrected chi connectivity index (χ1v) is 6.28. The van der Waals surface area contributed by atoms with Gasteiger partial charge in [-0.3, -0.25) is 0 Å². The molecule has 1 fully saturated rings. The van der Waals surface area contributed by atoms with E-state index in [-0.39, 0.29) is 5.69 Å². The third-order valence-corrected chi connectivity index (χ3v) is 3.26. The monoisotopic (exact) mass is 249 g/mol. The number of aromatic carboxylic acids is 1. The van der Waals surface area contributed by atoms with Gasteiger partial charge in [-0.15, -0.1) is 0 Å². The first kappa shape index (κ1) is 12.8. The van der Waals surface area contributed by atoms with Crippen LogP contribution in [0.3, 0.4) is 0 Å². The van der Waals surface area contributed by atoms with E-state index in [1.165, 1.54) is 25.5 Å². The van der Waals surface area contributed by atoms with Gasteiger partial charge in [0.05, 0.1) is 0 Å². The van der Waals surface area contributed by atoms with Crippen molar-refractivity contribution in [2.45, 2.75) is 12.8 Å². The molecular formula is C13H19N3O2. The van der Waals surface area contributed by atoms with E-state index in [4.69, 9.17) is 5.11 Å². The van der Waals surface area contributed by atoms with Gasteiger partial charge in [-0.1, -0.05) is 6.07 Å². The zero-order valence-corrected chi connectivity index (χ0v) is 10.6. The van der Waals surface area contributed by atoms with Crippen LogP contribution in [0.25, 0.3) is 0 Å². The molecule has 1 unspecified atom stereocenters. The third kappa shape index (κ3) is 3.43. The molecular weight excluding hydrogens is 230 g/mol. The molecule has 18 heavy (non-hydrogen) atoms. The Morgan fingerprint density at radius 3 is 3.17 bits per heavy atom. The van der Waals surface area contributed by atoms with Crippen molar-refractivity contribution in [1.29, 1.82) is 0 Å². The van der Waals surface area contributed by atoms with Crippen LogP contribution in [0, 0.1) is 5.92 Å². The molecule has 1 aliphatic heterocycles. The topological polar surface area (TPSA) is 65.5 Å². The molecule has 0 spiro atoms. The van der Waals surface area contributed by atoms with E-state index in [1.54, 1.807) is 12.1 Å². The first-order valence-electron chi connectivity index (χ1n) is 6.28. The van der Waals surface area contributed by atoms with Crippen LogP contribution >= 0.6 is 0 Å². The number of carbonyl (C=O) groups is 1. The smallest absolute Gasteiger partial charge is 0.354 e. The Kier molecular flexibility index (Phi) is 4.15. The Hall–Kier alpha value is -1.62. The molecule has 98 valence electrons. The standard InChI is InChI=1S/C13H19N3O2/c1-16-7-3-4-10(9-16)8-14-12-6-2-5-11(15-12)13(17)18/h2,5-6,10H,3-4,7-9H2,1H3,(H,14,15)(H,17,18). The summed E-state index contributed by atoms with van der Waals surface area (Å²) in [5.74, 6) is 0.262. The molecule has 2 rings (SSSR count). The second kappa shape index (κ2) is 5.82. The number of hydrogen-bond acceptors (Lipinski definition) is 4. The summed E-state index contributed by atoms with van der Waals surface area (Å²) in [7, 11) is 2.13. The maximum absolute atomic E-state index is 10.8. The van der Waals surface area contributed by atoms with Gasteiger partial charge in [0.15, 0.2) is 5.69 Å². The van der Waals surface area contributed by atoms with Crippen LogP contribution in [0.5, 0.6) is 0 Å². The van der Waals surface area contributed by atoms with E-state index in [2.05, 4.69) is 22.2 Å². The lowest BCUT2D eigenvalue weighted by Crippen LogP contribution is -2.35. The van der Waals surface area contributed by atoms with Crippen LogP contribution in [-0.2, 0) is 0 Å². The fraction of sp³-hybridized carbons (Fsp3) is 0.538. The normalized spacial score (nSPS) is 20.6. The van der Waals surface area contributed by atoms with Crippen molar-refractivity contribution in [2.75, 3.05) is 32.0 Å². The van der Waals surface area contributed by atoms with Gasteiger partial charge in [-0.25, -0.2) is 9.78 Å². The number of likely N-dealkylation sites (tertiary alicyclic amines) is 1. The van der Waals surface area contributed by atoms with Gasteiger partial charge in [-0.2, -0.15) is 0 Å². The summed E-state index contributed by atoms with van der Waals surface area (Å²) in [6.45, 7) is 3.11.